The van der Waals surface area contributed by atoms with Gasteiger partial charge in [-0.05, 0) is 48.5 Å². The van der Waals surface area contributed by atoms with Crippen molar-refractivity contribution in [1.82, 2.24) is 0 Å². The Morgan fingerprint density at radius 3 is 2.32 bits per heavy atom. The first kappa shape index (κ1) is 26.1. The Kier molecular flexibility index (Phi) is 7.18. The molecule has 1 amide bonds. The van der Waals surface area contributed by atoms with Crippen LogP contribution in [0.5, 0.6) is 17.2 Å². The van der Waals surface area contributed by atoms with Crippen molar-refractivity contribution in [3.63, 3.8) is 0 Å². The molecule has 3 aromatic carbocycles. The first-order valence-electron chi connectivity index (χ1n) is 10.9. The highest BCUT2D eigenvalue weighted by Crippen LogP contribution is 2.35. The molecule has 2 N–H and O–H groups in total. The molecular formula is C24H25N3O8S2. The van der Waals surface area contributed by atoms with E-state index in [1.165, 1.54) is 44.6 Å². The number of amides is 1. The highest BCUT2D eigenvalue weighted by molar-refractivity contribution is 7.92. The smallest absolute Gasteiger partial charge is 0.267 e. The topological polar surface area (TPSA) is 140 Å². The van der Waals surface area contributed by atoms with Crippen molar-refractivity contribution in [1.29, 1.82) is 0 Å². The summed E-state index contributed by atoms with van der Waals surface area (Å²) in [6.07, 6.45) is -0.0593. The molecule has 1 heterocycles. The van der Waals surface area contributed by atoms with Crippen LogP contribution in [0.25, 0.3) is 0 Å². The number of hydrogen-bond acceptors (Lipinski definition) is 8. The standard InChI is InChI=1S/C24H25N3O8S2/c1-33-17-10-13-19(22(14-17)34-2)26-37(31,32)18-11-8-16(9-12-18)25-24(28)23-15-27(36(3,29)30)20-6-4-5-7-21(20)35-23/h4-14,23,26H,15H2,1-3H3,(H,25,28)/t23-/m0/s1. The van der Waals surface area contributed by atoms with Gasteiger partial charge in [0.25, 0.3) is 15.9 Å². The SMILES string of the molecule is COc1ccc(NS(=O)(=O)c2ccc(NC(=O)[C@@H]3CN(S(C)(=O)=O)c4ccccc4O3)cc2)c(OC)c1. The minimum absolute atomic E-state index is 0.0468. The predicted octanol–water partition coefficient (Wildman–Crippen LogP) is 2.67. The second kappa shape index (κ2) is 10.2. The van der Waals surface area contributed by atoms with E-state index in [1.807, 2.05) is 0 Å². The van der Waals surface area contributed by atoms with Crippen molar-refractivity contribution >= 4 is 43.0 Å². The van der Waals surface area contributed by atoms with Crippen molar-refractivity contribution in [2.75, 3.05) is 41.4 Å². The highest BCUT2D eigenvalue weighted by Gasteiger charge is 2.35. The number of carbonyl (C=O) groups excluding carboxylic acids is 1. The number of carbonyl (C=O) groups is 1. The van der Waals surface area contributed by atoms with E-state index < -0.39 is 32.1 Å². The third kappa shape index (κ3) is 5.73. The van der Waals surface area contributed by atoms with Gasteiger partial charge in [-0.25, -0.2) is 16.8 Å². The lowest BCUT2D eigenvalue weighted by atomic mass is 10.2. The molecule has 0 radical (unpaired) electrons. The zero-order valence-electron chi connectivity index (χ0n) is 20.2. The van der Waals surface area contributed by atoms with Gasteiger partial charge in [-0.1, -0.05) is 12.1 Å². The predicted molar refractivity (Wildman–Crippen MR) is 138 cm³/mol. The third-order valence-electron chi connectivity index (χ3n) is 5.51. The largest absolute Gasteiger partial charge is 0.497 e. The summed E-state index contributed by atoms with van der Waals surface area (Å²) in [5.74, 6) is 0.467. The Hall–Kier alpha value is -3.97. The first-order chi connectivity index (χ1) is 17.5. The van der Waals surface area contributed by atoms with Gasteiger partial charge >= 0.3 is 0 Å². The van der Waals surface area contributed by atoms with E-state index in [9.17, 15) is 21.6 Å². The molecule has 0 fully saturated rings. The van der Waals surface area contributed by atoms with Crippen molar-refractivity contribution in [3.05, 3.63) is 66.7 Å². The second-order valence-corrected chi connectivity index (χ2v) is 11.6. The molecule has 3 aromatic rings. The van der Waals surface area contributed by atoms with E-state index >= 15 is 0 Å². The first-order valence-corrected chi connectivity index (χ1v) is 14.2. The quantitative estimate of drug-likeness (QED) is 0.439. The number of hydrogen-bond donors (Lipinski definition) is 2. The molecule has 0 saturated heterocycles. The van der Waals surface area contributed by atoms with Gasteiger partial charge in [0.15, 0.2) is 6.10 Å². The fraction of sp³-hybridized carbons (Fsp3) is 0.208. The molecule has 4 rings (SSSR count). The minimum atomic E-state index is -3.97. The van der Waals surface area contributed by atoms with Gasteiger partial charge in [0.05, 0.1) is 43.3 Å². The van der Waals surface area contributed by atoms with Gasteiger partial charge in [0.1, 0.15) is 17.2 Å². The number of benzene rings is 3. The van der Waals surface area contributed by atoms with Crippen molar-refractivity contribution in [2.45, 2.75) is 11.0 Å². The normalized spacial score (nSPS) is 15.2. The second-order valence-electron chi connectivity index (χ2n) is 8.05. The molecule has 0 bridgehead atoms. The molecule has 1 aliphatic heterocycles. The molecule has 0 unspecified atom stereocenters. The summed E-state index contributed by atoms with van der Waals surface area (Å²) in [4.78, 5) is 12.8. The zero-order valence-corrected chi connectivity index (χ0v) is 21.8. The maximum Gasteiger partial charge on any atom is 0.267 e. The average molecular weight is 548 g/mol. The van der Waals surface area contributed by atoms with Crippen LogP contribution in [-0.4, -0.2) is 55.9 Å². The summed E-state index contributed by atoms with van der Waals surface area (Å²) >= 11 is 0. The van der Waals surface area contributed by atoms with E-state index in [0.29, 0.717) is 17.1 Å². The van der Waals surface area contributed by atoms with Gasteiger partial charge in [-0.3, -0.25) is 13.8 Å². The lowest BCUT2D eigenvalue weighted by Gasteiger charge is -2.33. The number of nitrogens with one attached hydrogen (secondary N) is 2. The number of nitrogens with zero attached hydrogens (tertiary/aromatic N) is 1. The van der Waals surface area contributed by atoms with Gasteiger partial charge in [0, 0.05) is 11.8 Å². The zero-order chi connectivity index (χ0) is 26.8. The molecule has 13 heteroatoms. The number of anilines is 3. The maximum absolute atomic E-state index is 12.9. The van der Waals surface area contributed by atoms with Crippen LogP contribution >= 0.6 is 0 Å². The summed E-state index contributed by atoms with van der Waals surface area (Å²) in [6.45, 7) is -0.207. The molecule has 11 nitrogen and oxygen atoms in total. The fourth-order valence-corrected chi connectivity index (χ4v) is 5.66. The molecule has 37 heavy (non-hydrogen) atoms. The Labute approximate surface area is 215 Å². The molecule has 1 aliphatic rings. The highest BCUT2D eigenvalue weighted by atomic mass is 32.2. The van der Waals surface area contributed by atoms with E-state index in [0.717, 1.165) is 10.6 Å². The number of methoxy groups -OCH3 is 2. The lowest BCUT2D eigenvalue weighted by molar-refractivity contribution is -0.122. The summed E-state index contributed by atoms with van der Waals surface area (Å²) in [5.41, 5.74) is 0.884. The van der Waals surface area contributed by atoms with Crippen LogP contribution in [0.1, 0.15) is 0 Å². The van der Waals surface area contributed by atoms with Gasteiger partial charge < -0.3 is 19.5 Å². The molecule has 196 valence electrons. The van der Waals surface area contributed by atoms with Crippen LogP contribution in [0.2, 0.25) is 0 Å². The Morgan fingerprint density at radius 1 is 0.973 bits per heavy atom. The number of fused-ring (bicyclic) bond motifs is 1. The van der Waals surface area contributed by atoms with Gasteiger partial charge in [-0.2, -0.15) is 0 Å². The number of sulfonamides is 2. The van der Waals surface area contributed by atoms with Gasteiger partial charge in [-0.15, -0.1) is 0 Å². The van der Waals surface area contributed by atoms with Crippen LogP contribution in [-0.2, 0) is 24.8 Å². The van der Waals surface area contributed by atoms with E-state index in [1.54, 1.807) is 36.4 Å². The van der Waals surface area contributed by atoms with Crippen LogP contribution in [0, 0.1) is 0 Å². The van der Waals surface area contributed by atoms with E-state index in [2.05, 4.69) is 10.0 Å². The van der Waals surface area contributed by atoms with Gasteiger partial charge in [0.2, 0.25) is 10.0 Å². The number of ether oxygens (including phenoxy) is 3. The molecule has 0 aliphatic carbocycles. The summed E-state index contributed by atoms with van der Waals surface area (Å²) in [5, 5.41) is 2.64. The monoisotopic (exact) mass is 547 g/mol. The lowest BCUT2D eigenvalue weighted by Crippen LogP contribution is -2.48. The fourth-order valence-electron chi connectivity index (χ4n) is 3.68. The van der Waals surface area contributed by atoms with Crippen LogP contribution in [0.15, 0.2) is 71.6 Å². The van der Waals surface area contributed by atoms with E-state index in [-0.39, 0.29) is 28.6 Å². The van der Waals surface area contributed by atoms with Crippen molar-refractivity contribution in [2.24, 2.45) is 0 Å². The Morgan fingerprint density at radius 2 is 1.68 bits per heavy atom. The minimum Gasteiger partial charge on any atom is -0.497 e. The maximum atomic E-state index is 12.9. The number of rotatable bonds is 8. The third-order valence-corrected chi connectivity index (χ3v) is 8.04. The Balaban J connectivity index is 1.48. The summed E-state index contributed by atoms with van der Waals surface area (Å²) in [7, 11) is -4.73. The molecule has 0 aromatic heterocycles. The molecular weight excluding hydrogens is 522 g/mol. The average Bonchev–Trinajstić information content (AvgIpc) is 2.87. The number of para-hydroxylation sites is 2. The summed E-state index contributed by atoms with van der Waals surface area (Å²) in [6, 6.07) is 16.7. The van der Waals surface area contributed by atoms with Crippen LogP contribution in [0.3, 0.4) is 0 Å². The molecule has 0 saturated carbocycles. The van der Waals surface area contributed by atoms with Crippen LogP contribution in [0.4, 0.5) is 17.1 Å². The van der Waals surface area contributed by atoms with E-state index in [4.69, 9.17) is 14.2 Å². The summed E-state index contributed by atoms with van der Waals surface area (Å²) < 4.78 is 70.0. The van der Waals surface area contributed by atoms with Crippen molar-refractivity contribution in [3.8, 4) is 17.2 Å². The molecule has 0 spiro atoms. The van der Waals surface area contributed by atoms with Crippen LogP contribution < -0.4 is 28.6 Å². The Bertz CT molecular complexity index is 1520. The van der Waals surface area contributed by atoms with Crippen molar-refractivity contribution < 1.29 is 35.8 Å². The molecule has 1 atom stereocenters.